The Morgan fingerprint density at radius 3 is 2.73 bits per heavy atom. The molecule has 0 aromatic rings. The summed E-state index contributed by atoms with van der Waals surface area (Å²) in [5, 5.41) is 0. The van der Waals surface area contributed by atoms with Crippen LogP contribution in [0.2, 0.25) is 0 Å². The topological polar surface area (TPSA) is 12.4 Å². The van der Waals surface area contributed by atoms with Gasteiger partial charge in [-0.3, -0.25) is 4.99 Å². The summed E-state index contributed by atoms with van der Waals surface area (Å²) in [5.74, 6) is 0.295. The van der Waals surface area contributed by atoms with Gasteiger partial charge in [0.05, 0.1) is 0 Å². The van der Waals surface area contributed by atoms with Gasteiger partial charge in [0.2, 0.25) is 0 Å². The molecule has 0 amide bonds. The summed E-state index contributed by atoms with van der Waals surface area (Å²) in [6, 6.07) is 0. The monoisotopic (exact) mass is 339 g/mol. The van der Waals surface area contributed by atoms with Gasteiger partial charge in [-0.25, -0.2) is 0 Å². The van der Waals surface area contributed by atoms with Crippen LogP contribution in [0.25, 0.3) is 0 Å². The van der Waals surface area contributed by atoms with Crippen LogP contribution >= 0.6 is 0 Å². The molecule has 1 heterocycles. The molecule has 2 bridgehead atoms. The van der Waals surface area contributed by atoms with Crippen molar-refractivity contribution in [2.75, 3.05) is 0 Å². The van der Waals surface area contributed by atoms with Crippen molar-refractivity contribution in [3.05, 3.63) is 121 Å². The molecule has 1 fully saturated rings. The minimum atomic E-state index is 0.295. The maximum atomic E-state index is 4.79. The number of aliphatic imine (C=N–C) groups is 1. The minimum Gasteiger partial charge on any atom is -0.261 e. The molecule has 3 aliphatic rings. The first-order valence-corrected chi connectivity index (χ1v) is 9.01. The van der Waals surface area contributed by atoms with Crippen molar-refractivity contribution in [2.45, 2.75) is 19.3 Å². The van der Waals surface area contributed by atoms with Crippen LogP contribution in [-0.4, -0.2) is 5.71 Å². The van der Waals surface area contributed by atoms with Gasteiger partial charge in [-0.2, -0.15) is 0 Å². The summed E-state index contributed by atoms with van der Waals surface area (Å²) in [5.41, 5.74) is 7.07. The Labute approximate surface area is 156 Å². The fourth-order valence-corrected chi connectivity index (χ4v) is 3.50. The van der Waals surface area contributed by atoms with E-state index in [1.54, 1.807) is 0 Å². The van der Waals surface area contributed by atoms with E-state index in [-0.39, 0.29) is 0 Å². The number of allylic oxidation sites excluding steroid dienone is 16. The first-order chi connectivity index (χ1) is 12.7. The summed E-state index contributed by atoms with van der Waals surface area (Å²) < 4.78 is 0. The smallest absolute Gasteiger partial charge is 0.0482 e. The Bertz CT molecular complexity index is 860. The molecule has 26 heavy (non-hydrogen) atoms. The Kier molecular flexibility index (Phi) is 5.80. The Morgan fingerprint density at radius 2 is 1.88 bits per heavy atom. The van der Waals surface area contributed by atoms with E-state index in [1.807, 2.05) is 30.5 Å². The molecule has 1 saturated carbocycles. The molecule has 0 saturated heterocycles. The molecule has 0 radical (unpaired) electrons. The average molecular weight is 339 g/mol. The van der Waals surface area contributed by atoms with Gasteiger partial charge >= 0.3 is 0 Å². The van der Waals surface area contributed by atoms with Crippen LogP contribution < -0.4 is 0 Å². The van der Waals surface area contributed by atoms with Crippen LogP contribution in [0.1, 0.15) is 19.3 Å². The van der Waals surface area contributed by atoms with E-state index in [9.17, 15) is 0 Å². The van der Waals surface area contributed by atoms with Gasteiger partial charge in [0, 0.05) is 24.3 Å². The Balaban J connectivity index is 2.15. The van der Waals surface area contributed by atoms with Gasteiger partial charge in [-0.05, 0) is 41.7 Å². The van der Waals surface area contributed by atoms with E-state index >= 15 is 0 Å². The zero-order valence-corrected chi connectivity index (χ0v) is 15.2. The van der Waals surface area contributed by atoms with E-state index < -0.39 is 0 Å². The summed E-state index contributed by atoms with van der Waals surface area (Å²) >= 11 is 0. The van der Waals surface area contributed by atoms with E-state index in [1.165, 1.54) is 16.7 Å². The molecule has 130 valence electrons. The lowest BCUT2D eigenvalue weighted by atomic mass is 9.74. The third-order valence-electron chi connectivity index (χ3n) is 4.76. The van der Waals surface area contributed by atoms with Gasteiger partial charge in [-0.1, -0.05) is 85.6 Å². The molecule has 0 aromatic heterocycles. The fraction of sp³-hybridized carbons (Fsp3) is 0.160. The first-order valence-electron chi connectivity index (χ1n) is 9.01. The number of hydrogen-bond acceptors (Lipinski definition) is 1. The molecule has 1 unspecified atom stereocenters. The van der Waals surface area contributed by atoms with Crippen molar-refractivity contribution in [2.24, 2.45) is 10.9 Å². The van der Waals surface area contributed by atoms with Crippen molar-refractivity contribution >= 4 is 5.71 Å². The lowest BCUT2D eigenvalue weighted by molar-refractivity contribution is 0.678. The standard InChI is InChI=1S/C25H25N/c1-4-9-22-13-7-5-6-10-20(3)16-24-23(22)17-21-12-8-11-19(2)14-15-26-25(24)18-21/h4-12,14-16,23H,1-3,13,17-18H2/b7-5-,10-6-,11-8-,15-14-,21-12-,22-9-,24-16+,26-25-. The summed E-state index contributed by atoms with van der Waals surface area (Å²) in [7, 11) is 0. The summed E-state index contributed by atoms with van der Waals surface area (Å²) in [6.07, 6.45) is 27.5. The van der Waals surface area contributed by atoms with Crippen molar-refractivity contribution in [3.8, 4) is 0 Å². The van der Waals surface area contributed by atoms with E-state index in [2.05, 4.69) is 62.3 Å². The molecule has 0 aromatic carbocycles. The molecular weight excluding hydrogens is 314 g/mol. The Hall–Kier alpha value is -2.93. The largest absolute Gasteiger partial charge is 0.261 e. The molecule has 1 heteroatoms. The number of rotatable bonds is 1. The third kappa shape index (κ3) is 4.37. The molecule has 3 rings (SSSR count). The van der Waals surface area contributed by atoms with Crippen LogP contribution in [0.4, 0.5) is 0 Å². The van der Waals surface area contributed by atoms with Crippen molar-refractivity contribution < 1.29 is 0 Å². The lowest BCUT2D eigenvalue weighted by Gasteiger charge is -2.31. The normalized spacial score (nSPS) is 35.5. The van der Waals surface area contributed by atoms with Gasteiger partial charge in [0.15, 0.2) is 0 Å². The SMILES string of the molecule is C=C/C=C1/C/C=C\C=C/C(=C)/C=C2/C3=N\C=C/C(=C)/C=C\C=C(/C3)CC12. The minimum absolute atomic E-state index is 0.295. The van der Waals surface area contributed by atoms with Crippen molar-refractivity contribution in [1.29, 1.82) is 0 Å². The van der Waals surface area contributed by atoms with E-state index in [4.69, 9.17) is 4.99 Å². The second-order valence-corrected chi connectivity index (χ2v) is 6.73. The number of hydrogen-bond donors (Lipinski definition) is 0. The summed E-state index contributed by atoms with van der Waals surface area (Å²) in [4.78, 5) is 4.79. The van der Waals surface area contributed by atoms with Crippen LogP contribution in [0.3, 0.4) is 0 Å². The van der Waals surface area contributed by atoms with Crippen LogP contribution in [0.5, 0.6) is 0 Å². The predicted octanol–water partition coefficient (Wildman–Crippen LogP) is 6.51. The highest BCUT2D eigenvalue weighted by Gasteiger charge is 2.29. The van der Waals surface area contributed by atoms with Crippen LogP contribution in [-0.2, 0) is 0 Å². The molecule has 0 spiro atoms. The molecule has 1 aliphatic heterocycles. The van der Waals surface area contributed by atoms with Crippen molar-refractivity contribution in [1.82, 2.24) is 0 Å². The molecule has 1 atom stereocenters. The first kappa shape index (κ1) is 17.9. The van der Waals surface area contributed by atoms with Gasteiger partial charge in [-0.15, -0.1) is 0 Å². The highest BCUT2D eigenvalue weighted by molar-refractivity contribution is 6.04. The Morgan fingerprint density at radius 1 is 1.04 bits per heavy atom. The zero-order chi connectivity index (χ0) is 18.4. The third-order valence-corrected chi connectivity index (χ3v) is 4.76. The maximum absolute atomic E-state index is 4.79. The van der Waals surface area contributed by atoms with Crippen LogP contribution in [0, 0.1) is 5.92 Å². The second kappa shape index (κ2) is 8.44. The van der Waals surface area contributed by atoms with Crippen LogP contribution in [0.15, 0.2) is 126 Å². The summed E-state index contributed by atoms with van der Waals surface area (Å²) in [6.45, 7) is 12.1. The maximum Gasteiger partial charge on any atom is 0.0482 e. The average Bonchev–Trinajstić information content (AvgIpc) is 2.62. The van der Waals surface area contributed by atoms with E-state index in [0.29, 0.717) is 5.92 Å². The zero-order valence-electron chi connectivity index (χ0n) is 15.2. The highest BCUT2D eigenvalue weighted by atomic mass is 14.7. The molecule has 1 nitrogen and oxygen atoms in total. The highest BCUT2D eigenvalue weighted by Crippen LogP contribution is 2.39. The van der Waals surface area contributed by atoms with Gasteiger partial charge in [0.25, 0.3) is 0 Å². The van der Waals surface area contributed by atoms with Gasteiger partial charge < -0.3 is 0 Å². The second-order valence-electron chi connectivity index (χ2n) is 6.73. The number of fused-ring (bicyclic) bond motifs is 4. The van der Waals surface area contributed by atoms with Crippen molar-refractivity contribution in [3.63, 3.8) is 0 Å². The molecule has 2 aliphatic carbocycles. The molecule has 0 N–H and O–H groups in total. The lowest BCUT2D eigenvalue weighted by Crippen LogP contribution is -2.23. The molecular formula is C25H25N. The quantitative estimate of drug-likeness (QED) is 0.516. The fourth-order valence-electron chi connectivity index (χ4n) is 3.50. The number of nitrogens with zero attached hydrogens (tertiary/aromatic N) is 1. The van der Waals surface area contributed by atoms with E-state index in [0.717, 1.165) is 36.1 Å². The predicted molar refractivity (Wildman–Crippen MR) is 114 cm³/mol. The van der Waals surface area contributed by atoms with Gasteiger partial charge in [0.1, 0.15) is 0 Å².